The van der Waals surface area contributed by atoms with Gasteiger partial charge in [-0.1, -0.05) is 0 Å². The lowest BCUT2D eigenvalue weighted by atomic mass is 9.93. The molecule has 0 aliphatic heterocycles. The third kappa shape index (κ3) is 2.58. The molecule has 3 heteroatoms. The summed E-state index contributed by atoms with van der Waals surface area (Å²) in [7, 11) is 0. The molecule has 1 N–H and O–H groups in total. The zero-order valence-electron chi connectivity index (χ0n) is 6.47. The topological polar surface area (TPSA) is 52.9 Å². The van der Waals surface area contributed by atoms with Gasteiger partial charge in [0, 0.05) is 18.9 Å². The Kier molecular flexibility index (Phi) is 2.91. The number of rotatable bonds is 3. The number of carbonyl (C=O) groups is 1. The van der Waals surface area contributed by atoms with Crippen molar-refractivity contribution in [2.75, 3.05) is 0 Å². The largest absolute Gasteiger partial charge is 0.353 e. The molecule has 0 aromatic rings. The minimum Gasteiger partial charge on any atom is -0.353 e. The first kappa shape index (κ1) is 8.06. The van der Waals surface area contributed by atoms with Crippen molar-refractivity contribution in [1.29, 1.82) is 5.26 Å². The standard InChI is InChI=1S/C8H12N2O/c9-6-2-5-8(11)10-7-3-1-4-7/h7H,1-5H2,(H,10,11). The van der Waals surface area contributed by atoms with E-state index in [-0.39, 0.29) is 5.91 Å². The van der Waals surface area contributed by atoms with Gasteiger partial charge in [-0.3, -0.25) is 4.79 Å². The second kappa shape index (κ2) is 3.97. The average Bonchev–Trinajstić information content (AvgIpc) is 1.93. The van der Waals surface area contributed by atoms with Gasteiger partial charge in [-0.25, -0.2) is 0 Å². The van der Waals surface area contributed by atoms with Crippen molar-refractivity contribution in [3.8, 4) is 6.07 Å². The number of amides is 1. The van der Waals surface area contributed by atoms with Crippen molar-refractivity contribution < 1.29 is 4.79 Å². The van der Waals surface area contributed by atoms with Crippen LogP contribution in [0.5, 0.6) is 0 Å². The van der Waals surface area contributed by atoms with Crippen molar-refractivity contribution in [2.45, 2.75) is 38.1 Å². The Labute approximate surface area is 66.4 Å². The van der Waals surface area contributed by atoms with Crippen LogP contribution in [-0.2, 0) is 4.79 Å². The second-order valence-corrected chi connectivity index (χ2v) is 2.85. The lowest BCUT2D eigenvalue weighted by molar-refractivity contribution is -0.122. The molecule has 1 aliphatic rings. The van der Waals surface area contributed by atoms with Gasteiger partial charge in [-0.2, -0.15) is 5.26 Å². The smallest absolute Gasteiger partial charge is 0.221 e. The Morgan fingerprint density at radius 2 is 2.36 bits per heavy atom. The predicted molar refractivity (Wildman–Crippen MR) is 40.6 cm³/mol. The van der Waals surface area contributed by atoms with Crippen LogP contribution in [0.15, 0.2) is 0 Å². The van der Waals surface area contributed by atoms with Crippen LogP contribution in [-0.4, -0.2) is 11.9 Å². The molecule has 0 spiro atoms. The summed E-state index contributed by atoms with van der Waals surface area (Å²) in [5.74, 6) is 0.0243. The van der Waals surface area contributed by atoms with Crippen molar-refractivity contribution in [2.24, 2.45) is 0 Å². The Morgan fingerprint density at radius 3 is 2.82 bits per heavy atom. The van der Waals surface area contributed by atoms with Gasteiger partial charge in [0.1, 0.15) is 0 Å². The van der Waals surface area contributed by atoms with Crippen molar-refractivity contribution >= 4 is 5.91 Å². The van der Waals surface area contributed by atoms with Gasteiger partial charge in [-0.15, -0.1) is 0 Å². The Bertz CT molecular complexity index is 179. The highest BCUT2D eigenvalue weighted by Crippen LogP contribution is 2.17. The van der Waals surface area contributed by atoms with E-state index in [9.17, 15) is 4.79 Å². The fourth-order valence-corrected chi connectivity index (χ4v) is 1.02. The van der Waals surface area contributed by atoms with Crippen molar-refractivity contribution in [1.82, 2.24) is 5.32 Å². The van der Waals surface area contributed by atoms with E-state index >= 15 is 0 Å². The molecule has 1 saturated carbocycles. The van der Waals surface area contributed by atoms with Gasteiger partial charge in [0.25, 0.3) is 0 Å². The first-order valence-electron chi connectivity index (χ1n) is 3.99. The summed E-state index contributed by atoms with van der Waals surface area (Å²) in [6, 6.07) is 2.35. The summed E-state index contributed by atoms with van der Waals surface area (Å²) < 4.78 is 0. The normalized spacial score (nSPS) is 16.6. The van der Waals surface area contributed by atoms with Gasteiger partial charge < -0.3 is 5.32 Å². The maximum absolute atomic E-state index is 10.9. The molecule has 11 heavy (non-hydrogen) atoms. The highest BCUT2D eigenvalue weighted by molar-refractivity contribution is 5.76. The number of hydrogen-bond acceptors (Lipinski definition) is 2. The third-order valence-corrected chi connectivity index (χ3v) is 1.93. The molecule has 0 saturated heterocycles. The molecule has 0 atom stereocenters. The minimum absolute atomic E-state index is 0.0243. The number of carbonyl (C=O) groups excluding carboxylic acids is 1. The monoisotopic (exact) mass is 152 g/mol. The molecule has 0 bridgehead atoms. The molecule has 60 valence electrons. The minimum atomic E-state index is 0.0243. The fourth-order valence-electron chi connectivity index (χ4n) is 1.02. The molecule has 1 aliphatic carbocycles. The quantitative estimate of drug-likeness (QED) is 0.654. The van der Waals surface area contributed by atoms with Crippen LogP contribution in [0.2, 0.25) is 0 Å². The number of nitrogens with one attached hydrogen (secondary N) is 1. The van der Waals surface area contributed by atoms with E-state index < -0.39 is 0 Å². The molecule has 0 heterocycles. The summed E-state index contributed by atoms with van der Waals surface area (Å²) in [4.78, 5) is 10.9. The summed E-state index contributed by atoms with van der Waals surface area (Å²) in [6.07, 6.45) is 4.13. The van der Waals surface area contributed by atoms with E-state index in [4.69, 9.17) is 5.26 Å². The maximum atomic E-state index is 10.9. The van der Waals surface area contributed by atoms with Crippen LogP contribution >= 0.6 is 0 Å². The van der Waals surface area contributed by atoms with E-state index in [1.807, 2.05) is 6.07 Å². The maximum Gasteiger partial charge on any atom is 0.221 e. The van der Waals surface area contributed by atoms with E-state index in [1.165, 1.54) is 6.42 Å². The van der Waals surface area contributed by atoms with Crippen LogP contribution in [0.3, 0.4) is 0 Å². The van der Waals surface area contributed by atoms with Gasteiger partial charge >= 0.3 is 0 Å². The van der Waals surface area contributed by atoms with Gasteiger partial charge in [0.2, 0.25) is 5.91 Å². The Hall–Kier alpha value is -1.04. The fraction of sp³-hybridized carbons (Fsp3) is 0.750. The molecule has 3 nitrogen and oxygen atoms in total. The Morgan fingerprint density at radius 1 is 1.64 bits per heavy atom. The molecule has 1 amide bonds. The van der Waals surface area contributed by atoms with Crippen LogP contribution < -0.4 is 5.32 Å². The molecule has 0 unspecified atom stereocenters. The van der Waals surface area contributed by atoms with Crippen LogP contribution in [0.25, 0.3) is 0 Å². The third-order valence-electron chi connectivity index (χ3n) is 1.93. The Balaban J connectivity index is 2.06. The van der Waals surface area contributed by atoms with Crippen LogP contribution in [0, 0.1) is 11.3 Å². The lowest BCUT2D eigenvalue weighted by Gasteiger charge is -2.26. The van der Waals surface area contributed by atoms with Crippen LogP contribution in [0.4, 0.5) is 0 Å². The summed E-state index contributed by atoms with van der Waals surface area (Å²) >= 11 is 0. The van der Waals surface area contributed by atoms with Crippen molar-refractivity contribution in [3.63, 3.8) is 0 Å². The van der Waals surface area contributed by atoms with Crippen LogP contribution in [0.1, 0.15) is 32.1 Å². The predicted octanol–water partition coefficient (Wildman–Crippen LogP) is 0.959. The molecule has 0 radical (unpaired) electrons. The van der Waals surface area contributed by atoms with Gasteiger partial charge in [0.05, 0.1) is 6.07 Å². The number of hydrogen-bond donors (Lipinski definition) is 1. The SMILES string of the molecule is N#CCCC(=O)NC1CCC1. The summed E-state index contributed by atoms with van der Waals surface area (Å²) in [5.41, 5.74) is 0. The zero-order valence-corrected chi connectivity index (χ0v) is 6.47. The summed E-state index contributed by atoms with van der Waals surface area (Å²) in [5, 5.41) is 11.1. The average molecular weight is 152 g/mol. The highest BCUT2D eigenvalue weighted by Gasteiger charge is 2.18. The second-order valence-electron chi connectivity index (χ2n) is 2.85. The van der Waals surface area contributed by atoms with E-state index in [0.29, 0.717) is 18.9 Å². The lowest BCUT2D eigenvalue weighted by Crippen LogP contribution is -2.39. The molecule has 0 aromatic carbocycles. The zero-order chi connectivity index (χ0) is 8.10. The number of nitrogens with zero attached hydrogens (tertiary/aromatic N) is 1. The summed E-state index contributed by atoms with van der Waals surface area (Å²) in [6.45, 7) is 0. The van der Waals surface area contributed by atoms with Crippen molar-refractivity contribution in [3.05, 3.63) is 0 Å². The molecule has 0 aromatic heterocycles. The van der Waals surface area contributed by atoms with E-state index in [0.717, 1.165) is 12.8 Å². The molecular formula is C8H12N2O. The van der Waals surface area contributed by atoms with Gasteiger partial charge in [-0.05, 0) is 19.3 Å². The van der Waals surface area contributed by atoms with E-state index in [1.54, 1.807) is 0 Å². The highest BCUT2D eigenvalue weighted by atomic mass is 16.1. The first-order valence-corrected chi connectivity index (χ1v) is 3.99. The van der Waals surface area contributed by atoms with E-state index in [2.05, 4.69) is 5.32 Å². The number of nitriles is 1. The molecular weight excluding hydrogens is 140 g/mol. The van der Waals surface area contributed by atoms with Gasteiger partial charge in [0.15, 0.2) is 0 Å². The molecule has 1 fully saturated rings. The first-order chi connectivity index (χ1) is 5.33. The molecule has 1 rings (SSSR count).